The molecule has 0 N–H and O–H groups in total. The Hall–Kier alpha value is -2.15. The highest BCUT2D eigenvalue weighted by molar-refractivity contribution is 7.90. The van der Waals surface area contributed by atoms with Gasteiger partial charge in [0.25, 0.3) is 0 Å². The highest BCUT2D eigenvalue weighted by atomic mass is 32.2. The minimum absolute atomic E-state index is 0.316. The van der Waals surface area contributed by atoms with Gasteiger partial charge in [-0.1, -0.05) is 0 Å². The molecule has 1 aliphatic rings. The van der Waals surface area contributed by atoms with Gasteiger partial charge in [-0.3, -0.25) is 0 Å². The Bertz CT molecular complexity index is 812. The Balaban J connectivity index is 1.42. The standard InChI is InChI=1S/C19H25N3O3S/c1-15-3-8-19(21-20-15)22-12-9-16(10-13-22)11-14-25-17-4-6-18(7-5-17)26(2,23)24/h3-8,16H,9-14H2,1-2H3. The van der Waals surface area contributed by atoms with Crippen LogP contribution in [0.25, 0.3) is 0 Å². The van der Waals surface area contributed by atoms with Gasteiger partial charge in [-0.25, -0.2) is 8.42 Å². The molecule has 0 radical (unpaired) electrons. The van der Waals surface area contributed by atoms with Gasteiger partial charge in [0, 0.05) is 19.3 Å². The van der Waals surface area contributed by atoms with E-state index < -0.39 is 9.84 Å². The van der Waals surface area contributed by atoms with E-state index in [9.17, 15) is 8.42 Å². The summed E-state index contributed by atoms with van der Waals surface area (Å²) in [7, 11) is -3.16. The van der Waals surface area contributed by atoms with E-state index in [0.717, 1.165) is 43.9 Å². The molecule has 140 valence electrons. The number of aromatic nitrogens is 2. The van der Waals surface area contributed by atoms with Crippen molar-refractivity contribution in [3.05, 3.63) is 42.1 Å². The van der Waals surface area contributed by atoms with Crippen LogP contribution >= 0.6 is 0 Å². The number of piperidine rings is 1. The van der Waals surface area contributed by atoms with Crippen LogP contribution in [0.15, 0.2) is 41.3 Å². The minimum atomic E-state index is -3.16. The highest BCUT2D eigenvalue weighted by Gasteiger charge is 2.20. The summed E-state index contributed by atoms with van der Waals surface area (Å²) in [6.45, 7) is 4.57. The maximum atomic E-state index is 11.5. The van der Waals surface area contributed by atoms with E-state index in [2.05, 4.69) is 15.1 Å². The Morgan fingerprint density at radius 1 is 1.08 bits per heavy atom. The second-order valence-corrected chi connectivity index (χ2v) is 8.86. The van der Waals surface area contributed by atoms with Crippen LogP contribution in [0.5, 0.6) is 5.75 Å². The van der Waals surface area contributed by atoms with E-state index in [4.69, 9.17) is 4.74 Å². The molecule has 1 aromatic heterocycles. The quantitative estimate of drug-likeness (QED) is 0.773. The molecule has 0 spiro atoms. The number of hydrogen-bond acceptors (Lipinski definition) is 6. The van der Waals surface area contributed by atoms with Gasteiger partial charge in [-0.2, -0.15) is 5.10 Å². The normalized spacial score (nSPS) is 15.8. The van der Waals surface area contributed by atoms with Crippen LogP contribution in [0, 0.1) is 12.8 Å². The van der Waals surface area contributed by atoms with Crippen molar-refractivity contribution in [2.75, 3.05) is 30.9 Å². The average molecular weight is 375 g/mol. The third-order valence-corrected chi connectivity index (χ3v) is 5.90. The number of sulfone groups is 1. The lowest BCUT2D eigenvalue weighted by atomic mass is 9.94. The number of anilines is 1. The molecule has 26 heavy (non-hydrogen) atoms. The Kier molecular flexibility index (Phi) is 5.76. The molecule has 3 rings (SSSR count). The topological polar surface area (TPSA) is 72.4 Å². The molecule has 2 heterocycles. The van der Waals surface area contributed by atoms with Crippen molar-refractivity contribution >= 4 is 15.7 Å². The van der Waals surface area contributed by atoms with Crippen molar-refractivity contribution in [1.29, 1.82) is 0 Å². The lowest BCUT2D eigenvalue weighted by Crippen LogP contribution is -2.34. The van der Waals surface area contributed by atoms with Crippen molar-refractivity contribution in [2.24, 2.45) is 5.92 Å². The summed E-state index contributed by atoms with van der Waals surface area (Å²) in [5.41, 5.74) is 0.936. The molecule has 0 aliphatic carbocycles. The van der Waals surface area contributed by atoms with Crippen LogP contribution in [-0.4, -0.2) is 44.6 Å². The second-order valence-electron chi connectivity index (χ2n) is 6.84. The zero-order valence-corrected chi connectivity index (χ0v) is 16.1. The lowest BCUT2D eigenvalue weighted by Gasteiger charge is -2.32. The molecule has 1 aliphatic heterocycles. The molecule has 2 aromatic rings. The Labute approximate surface area is 155 Å². The fraction of sp³-hybridized carbons (Fsp3) is 0.474. The summed E-state index contributed by atoms with van der Waals surface area (Å²) in [5.74, 6) is 2.31. The predicted molar refractivity (Wildman–Crippen MR) is 101 cm³/mol. The zero-order valence-electron chi connectivity index (χ0n) is 15.3. The summed E-state index contributed by atoms with van der Waals surface area (Å²) in [4.78, 5) is 2.60. The number of ether oxygens (including phenoxy) is 1. The fourth-order valence-electron chi connectivity index (χ4n) is 3.14. The van der Waals surface area contributed by atoms with Crippen molar-refractivity contribution in [1.82, 2.24) is 10.2 Å². The van der Waals surface area contributed by atoms with Crippen LogP contribution in [-0.2, 0) is 9.84 Å². The molecule has 0 amide bonds. The molecule has 6 nitrogen and oxygen atoms in total. The smallest absolute Gasteiger partial charge is 0.175 e. The average Bonchev–Trinajstić information content (AvgIpc) is 2.63. The van der Waals surface area contributed by atoms with Crippen LogP contribution < -0.4 is 9.64 Å². The summed E-state index contributed by atoms with van der Waals surface area (Å²) in [6.07, 6.45) is 4.44. The zero-order chi connectivity index (χ0) is 18.6. The maximum Gasteiger partial charge on any atom is 0.175 e. The van der Waals surface area contributed by atoms with Crippen molar-refractivity contribution in [3.8, 4) is 5.75 Å². The molecule has 0 unspecified atom stereocenters. The van der Waals surface area contributed by atoms with Crippen LogP contribution in [0.2, 0.25) is 0 Å². The van der Waals surface area contributed by atoms with E-state index >= 15 is 0 Å². The number of rotatable bonds is 6. The first-order valence-corrected chi connectivity index (χ1v) is 10.8. The first-order chi connectivity index (χ1) is 12.4. The second kappa shape index (κ2) is 8.03. The first kappa shape index (κ1) is 18.6. The molecule has 0 bridgehead atoms. The van der Waals surface area contributed by atoms with E-state index in [0.29, 0.717) is 23.2 Å². The molecule has 1 fully saturated rings. The maximum absolute atomic E-state index is 11.5. The van der Waals surface area contributed by atoms with Crippen LogP contribution in [0.3, 0.4) is 0 Å². The molecule has 1 saturated heterocycles. The van der Waals surface area contributed by atoms with E-state index in [-0.39, 0.29) is 0 Å². The monoisotopic (exact) mass is 375 g/mol. The Morgan fingerprint density at radius 2 is 1.77 bits per heavy atom. The van der Waals surface area contributed by atoms with Crippen molar-refractivity contribution in [3.63, 3.8) is 0 Å². The van der Waals surface area contributed by atoms with Gasteiger partial charge in [0.1, 0.15) is 5.75 Å². The van der Waals surface area contributed by atoms with Gasteiger partial charge < -0.3 is 9.64 Å². The van der Waals surface area contributed by atoms with Crippen molar-refractivity contribution < 1.29 is 13.2 Å². The molecular formula is C19H25N3O3S. The molecule has 1 aromatic carbocycles. The lowest BCUT2D eigenvalue weighted by molar-refractivity contribution is 0.258. The first-order valence-electron chi connectivity index (χ1n) is 8.90. The third-order valence-electron chi connectivity index (χ3n) is 4.77. The number of benzene rings is 1. The highest BCUT2D eigenvalue weighted by Crippen LogP contribution is 2.24. The van der Waals surface area contributed by atoms with Crippen LogP contribution in [0.4, 0.5) is 5.82 Å². The number of aryl methyl sites for hydroxylation is 1. The SMILES string of the molecule is Cc1ccc(N2CCC(CCOc3ccc(S(C)(=O)=O)cc3)CC2)nn1. The molecule has 0 atom stereocenters. The number of hydrogen-bond donors (Lipinski definition) is 0. The molecule has 0 saturated carbocycles. The fourth-order valence-corrected chi connectivity index (χ4v) is 3.77. The summed E-state index contributed by atoms with van der Waals surface area (Å²) in [5, 5.41) is 8.39. The van der Waals surface area contributed by atoms with Crippen molar-refractivity contribution in [2.45, 2.75) is 31.1 Å². The van der Waals surface area contributed by atoms with Gasteiger partial charge in [0.15, 0.2) is 15.7 Å². The van der Waals surface area contributed by atoms with Crippen LogP contribution in [0.1, 0.15) is 25.0 Å². The van der Waals surface area contributed by atoms with Gasteiger partial charge in [0.05, 0.1) is 17.2 Å². The van der Waals surface area contributed by atoms with Gasteiger partial charge in [-0.05, 0) is 68.5 Å². The van der Waals surface area contributed by atoms with Gasteiger partial charge in [0.2, 0.25) is 0 Å². The van der Waals surface area contributed by atoms with Gasteiger partial charge in [-0.15, -0.1) is 5.10 Å². The molecule has 7 heteroatoms. The minimum Gasteiger partial charge on any atom is -0.494 e. The molecular weight excluding hydrogens is 350 g/mol. The van der Waals surface area contributed by atoms with Gasteiger partial charge >= 0.3 is 0 Å². The Morgan fingerprint density at radius 3 is 2.35 bits per heavy atom. The largest absolute Gasteiger partial charge is 0.494 e. The van der Waals surface area contributed by atoms with E-state index in [1.54, 1.807) is 24.3 Å². The summed E-state index contributed by atoms with van der Waals surface area (Å²) >= 11 is 0. The van der Waals surface area contributed by atoms with E-state index in [1.807, 2.05) is 19.1 Å². The summed E-state index contributed by atoms with van der Waals surface area (Å²) in [6, 6.07) is 10.6. The third kappa shape index (κ3) is 4.94. The predicted octanol–water partition coefficient (Wildman–Crippen LogP) is 2.87. The summed E-state index contributed by atoms with van der Waals surface area (Å²) < 4.78 is 28.7. The number of nitrogens with zero attached hydrogens (tertiary/aromatic N) is 3. The van der Waals surface area contributed by atoms with E-state index in [1.165, 1.54) is 6.26 Å².